The van der Waals surface area contributed by atoms with Gasteiger partial charge >= 0.3 is 17.9 Å². The van der Waals surface area contributed by atoms with Gasteiger partial charge in [-0.05, 0) is 25.8 Å². The molecule has 0 bridgehead atoms. The second-order valence-electron chi connectivity index (χ2n) is 4.82. The predicted octanol–water partition coefficient (Wildman–Crippen LogP) is 1.34. The second kappa shape index (κ2) is 11.3. The molecule has 0 aromatic heterocycles. The molecule has 0 heterocycles. The zero-order valence-corrected chi connectivity index (χ0v) is 14.3. The lowest BCUT2D eigenvalue weighted by atomic mass is 10.0. The van der Waals surface area contributed by atoms with E-state index in [1.54, 1.807) is 13.8 Å². The maximum absolute atomic E-state index is 11.9. The Morgan fingerprint density at radius 3 is 2.13 bits per heavy atom. The van der Waals surface area contributed by atoms with Crippen LogP contribution < -0.4 is 5.32 Å². The molecule has 0 amide bonds. The van der Waals surface area contributed by atoms with E-state index in [0.29, 0.717) is 0 Å². The Bertz CT molecular complexity index is 467. The summed E-state index contributed by atoms with van der Waals surface area (Å²) in [4.78, 5) is 34.9. The maximum Gasteiger partial charge on any atom is 0.339 e. The lowest BCUT2D eigenvalue weighted by Gasteiger charge is -2.18. The molecule has 0 spiro atoms. The Hall–Kier alpha value is -2.31. The average molecular weight is 327 g/mol. The van der Waals surface area contributed by atoms with Gasteiger partial charge in [-0.1, -0.05) is 13.8 Å². The number of ether oxygens (including phenoxy) is 3. The molecule has 1 unspecified atom stereocenters. The van der Waals surface area contributed by atoms with Crippen LogP contribution in [-0.2, 0) is 28.6 Å². The molecular formula is C16H25NO6. The summed E-state index contributed by atoms with van der Waals surface area (Å²) in [6, 6.07) is -0.625. The Kier molecular flexibility index (Phi) is 10.1. The van der Waals surface area contributed by atoms with E-state index in [4.69, 9.17) is 14.2 Å². The van der Waals surface area contributed by atoms with E-state index < -0.39 is 23.9 Å². The summed E-state index contributed by atoms with van der Waals surface area (Å²) in [5.74, 6) is -1.70. The molecule has 0 saturated carbocycles. The number of carbonyl (C=O) groups is 3. The van der Waals surface area contributed by atoms with Crippen molar-refractivity contribution in [2.75, 3.05) is 20.3 Å². The summed E-state index contributed by atoms with van der Waals surface area (Å²) in [6.45, 7) is 7.44. The van der Waals surface area contributed by atoms with Crippen LogP contribution in [0.15, 0.2) is 23.9 Å². The van der Waals surface area contributed by atoms with Gasteiger partial charge in [-0.3, -0.25) is 0 Å². The summed E-state index contributed by atoms with van der Waals surface area (Å²) >= 11 is 0. The highest BCUT2D eigenvalue weighted by Gasteiger charge is 2.22. The number of hydrogen-bond acceptors (Lipinski definition) is 7. The maximum atomic E-state index is 11.9. The van der Waals surface area contributed by atoms with Crippen molar-refractivity contribution in [1.29, 1.82) is 0 Å². The lowest BCUT2D eigenvalue weighted by Crippen LogP contribution is -2.39. The number of hydrogen-bond donors (Lipinski definition) is 1. The van der Waals surface area contributed by atoms with E-state index in [0.717, 1.165) is 6.08 Å². The van der Waals surface area contributed by atoms with Crippen molar-refractivity contribution in [3.63, 3.8) is 0 Å². The third-order valence-electron chi connectivity index (χ3n) is 2.74. The van der Waals surface area contributed by atoms with E-state index in [2.05, 4.69) is 5.32 Å². The Balaban J connectivity index is 5.21. The van der Waals surface area contributed by atoms with Crippen LogP contribution in [0.5, 0.6) is 0 Å². The normalized spacial score (nSPS) is 12.9. The van der Waals surface area contributed by atoms with Gasteiger partial charge < -0.3 is 19.5 Å². The fourth-order valence-corrected chi connectivity index (χ4v) is 1.58. The Morgan fingerprint density at radius 1 is 1.04 bits per heavy atom. The first-order valence-corrected chi connectivity index (χ1v) is 7.43. The molecular weight excluding hydrogens is 302 g/mol. The molecule has 7 nitrogen and oxygen atoms in total. The Morgan fingerprint density at radius 2 is 1.65 bits per heavy atom. The van der Waals surface area contributed by atoms with E-state index in [1.165, 1.54) is 19.4 Å². The largest absolute Gasteiger partial charge is 0.467 e. The smallest absolute Gasteiger partial charge is 0.339 e. The quantitative estimate of drug-likeness (QED) is 0.296. The fraction of sp³-hybridized carbons (Fsp3) is 0.562. The molecule has 0 saturated heterocycles. The minimum atomic E-state index is -0.625. The van der Waals surface area contributed by atoms with Gasteiger partial charge in [-0.25, -0.2) is 14.4 Å². The van der Waals surface area contributed by atoms with Crippen molar-refractivity contribution in [3.8, 4) is 0 Å². The van der Waals surface area contributed by atoms with Gasteiger partial charge in [0.05, 0.1) is 25.9 Å². The van der Waals surface area contributed by atoms with Crippen molar-refractivity contribution in [2.45, 2.75) is 33.7 Å². The van der Waals surface area contributed by atoms with Crippen molar-refractivity contribution in [3.05, 3.63) is 23.9 Å². The van der Waals surface area contributed by atoms with Gasteiger partial charge in [-0.15, -0.1) is 0 Å². The number of rotatable bonds is 9. The van der Waals surface area contributed by atoms with Gasteiger partial charge in [0.15, 0.2) is 0 Å². The van der Waals surface area contributed by atoms with Gasteiger partial charge in [0.25, 0.3) is 0 Å². The highest BCUT2D eigenvalue weighted by Crippen LogP contribution is 2.06. The molecule has 0 aromatic rings. The van der Waals surface area contributed by atoms with Crippen molar-refractivity contribution in [1.82, 2.24) is 5.32 Å². The van der Waals surface area contributed by atoms with Gasteiger partial charge in [0.1, 0.15) is 6.04 Å². The highest BCUT2D eigenvalue weighted by molar-refractivity contribution is 5.94. The summed E-state index contributed by atoms with van der Waals surface area (Å²) in [5, 5.41) is 2.82. The van der Waals surface area contributed by atoms with Gasteiger partial charge in [0.2, 0.25) is 0 Å². The highest BCUT2D eigenvalue weighted by atomic mass is 16.5. The number of esters is 3. The van der Waals surface area contributed by atoms with Crippen molar-refractivity contribution in [2.24, 2.45) is 5.92 Å². The molecule has 0 aromatic carbocycles. The first kappa shape index (κ1) is 20.7. The van der Waals surface area contributed by atoms with Crippen LogP contribution in [0.2, 0.25) is 0 Å². The molecule has 0 rings (SSSR count). The van der Waals surface area contributed by atoms with E-state index in [-0.39, 0.29) is 24.7 Å². The SMILES string of the molecule is CCOC(=O)/C=C/C(=C/NC(C(=O)OC)C(C)C)C(=O)OCC. The standard InChI is InChI=1S/C16H25NO6/c1-6-22-13(18)9-8-12(15(19)23-7-2)10-17-14(11(3)4)16(20)21-5/h8-11,14,17H,6-7H2,1-5H3/b9-8+,12-10-. The second-order valence-corrected chi connectivity index (χ2v) is 4.82. The summed E-state index contributed by atoms with van der Waals surface area (Å²) in [5.41, 5.74) is 0.0921. The van der Waals surface area contributed by atoms with Crippen molar-refractivity contribution >= 4 is 17.9 Å². The number of methoxy groups -OCH3 is 1. The van der Waals surface area contributed by atoms with Crippen LogP contribution in [0.3, 0.4) is 0 Å². The van der Waals surface area contributed by atoms with Crippen LogP contribution in [0.1, 0.15) is 27.7 Å². The molecule has 0 radical (unpaired) electrons. The van der Waals surface area contributed by atoms with Gasteiger partial charge in [-0.2, -0.15) is 0 Å². The lowest BCUT2D eigenvalue weighted by molar-refractivity contribution is -0.144. The zero-order valence-electron chi connectivity index (χ0n) is 14.3. The van der Waals surface area contributed by atoms with Gasteiger partial charge in [0, 0.05) is 12.3 Å². The van der Waals surface area contributed by atoms with Crippen molar-refractivity contribution < 1.29 is 28.6 Å². The minimum Gasteiger partial charge on any atom is -0.467 e. The predicted molar refractivity (Wildman–Crippen MR) is 84.3 cm³/mol. The third-order valence-corrected chi connectivity index (χ3v) is 2.74. The van der Waals surface area contributed by atoms with E-state index in [1.807, 2.05) is 13.8 Å². The van der Waals surface area contributed by atoms with Crippen LogP contribution in [-0.4, -0.2) is 44.3 Å². The molecule has 1 atom stereocenters. The van der Waals surface area contributed by atoms with Crippen LogP contribution in [0, 0.1) is 5.92 Å². The number of nitrogens with one attached hydrogen (secondary N) is 1. The zero-order chi connectivity index (χ0) is 17.8. The third kappa shape index (κ3) is 8.04. The molecule has 0 aliphatic rings. The molecule has 7 heteroatoms. The molecule has 23 heavy (non-hydrogen) atoms. The Labute approximate surface area is 136 Å². The summed E-state index contributed by atoms with van der Waals surface area (Å²) in [7, 11) is 1.29. The molecule has 1 N–H and O–H groups in total. The van der Waals surface area contributed by atoms with Crippen LogP contribution in [0.4, 0.5) is 0 Å². The average Bonchev–Trinajstić information content (AvgIpc) is 2.50. The van der Waals surface area contributed by atoms with E-state index >= 15 is 0 Å². The van der Waals surface area contributed by atoms with E-state index in [9.17, 15) is 14.4 Å². The van der Waals surface area contributed by atoms with Crippen LogP contribution in [0.25, 0.3) is 0 Å². The monoisotopic (exact) mass is 327 g/mol. The first-order chi connectivity index (χ1) is 10.9. The minimum absolute atomic E-state index is 0.0591. The molecule has 130 valence electrons. The fourth-order valence-electron chi connectivity index (χ4n) is 1.58. The molecule has 0 fully saturated rings. The van der Waals surface area contributed by atoms with Crippen LogP contribution >= 0.6 is 0 Å². The number of carbonyl (C=O) groups excluding carboxylic acids is 3. The first-order valence-electron chi connectivity index (χ1n) is 7.43. The molecule has 0 aliphatic carbocycles. The molecule has 0 aliphatic heterocycles. The summed E-state index contributed by atoms with van der Waals surface area (Å²) < 4.78 is 14.4. The topological polar surface area (TPSA) is 90.9 Å². The summed E-state index contributed by atoms with van der Waals surface area (Å²) in [6.07, 6.45) is 3.73.